The highest BCUT2D eigenvalue weighted by Crippen LogP contribution is 2.34. The maximum absolute atomic E-state index is 12.6. The molecule has 1 aromatic carbocycles. The molecule has 0 spiro atoms. The lowest BCUT2D eigenvalue weighted by Gasteiger charge is -2.27. The predicted molar refractivity (Wildman–Crippen MR) is 128 cm³/mol. The summed E-state index contributed by atoms with van der Waals surface area (Å²) in [4.78, 5) is 29.2. The number of benzene rings is 1. The third-order valence-corrected chi connectivity index (χ3v) is 9.64. The van der Waals surface area contributed by atoms with Crippen LogP contribution in [0.5, 0.6) is 0 Å². The van der Waals surface area contributed by atoms with E-state index in [2.05, 4.69) is 10.3 Å². The molecule has 3 aromatic rings. The maximum Gasteiger partial charge on any atom is 0.297 e. The molecule has 2 aromatic heterocycles. The first kappa shape index (κ1) is 24.8. The Morgan fingerprint density at radius 2 is 1.75 bits per heavy atom. The Morgan fingerprint density at radius 3 is 2.44 bits per heavy atom. The van der Waals surface area contributed by atoms with Gasteiger partial charge in [-0.3, -0.25) is 9.59 Å². The standard InChI is InChI=1S/C22H22ClN3O8S2/c23-14-3-6-17-16(9-14)25-22(34-17)12-1-4-15(5-2-12)24-21(28)18-7-8-19(33-18)36(31,32)26-20(27)13-10-35(29,30)11-13/h3,6-9,12-13,15H,1-2,4-5,10-11H2,(H,24,28)(H,26,27). The second-order valence-corrected chi connectivity index (χ2v) is 13.3. The van der Waals surface area contributed by atoms with Crippen LogP contribution in [-0.2, 0) is 24.7 Å². The molecular formula is C22H22ClN3O8S2. The zero-order valence-corrected chi connectivity index (χ0v) is 21.2. The van der Waals surface area contributed by atoms with Gasteiger partial charge in [0.2, 0.25) is 11.0 Å². The fourth-order valence-corrected chi connectivity index (χ4v) is 6.98. The molecule has 36 heavy (non-hydrogen) atoms. The molecule has 0 atom stereocenters. The van der Waals surface area contributed by atoms with Crippen molar-refractivity contribution in [3.05, 3.63) is 47.0 Å². The first-order chi connectivity index (χ1) is 17.0. The molecule has 3 heterocycles. The molecule has 1 aliphatic carbocycles. The van der Waals surface area contributed by atoms with Crippen LogP contribution >= 0.6 is 11.6 Å². The second kappa shape index (κ2) is 9.20. The molecule has 2 amide bonds. The lowest BCUT2D eigenvalue weighted by Crippen LogP contribution is -2.48. The minimum atomic E-state index is -4.38. The average Bonchev–Trinajstić information content (AvgIpc) is 3.45. The highest BCUT2D eigenvalue weighted by molar-refractivity contribution is 7.93. The van der Waals surface area contributed by atoms with Gasteiger partial charge in [-0.2, -0.15) is 8.42 Å². The van der Waals surface area contributed by atoms with E-state index in [0.29, 0.717) is 34.9 Å². The van der Waals surface area contributed by atoms with E-state index in [-0.39, 0.29) is 17.7 Å². The van der Waals surface area contributed by atoms with Crippen LogP contribution in [0.1, 0.15) is 48.0 Å². The van der Waals surface area contributed by atoms with Crippen molar-refractivity contribution in [1.82, 2.24) is 15.0 Å². The van der Waals surface area contributed by atoms with Crippen LogP contribution in [-0.4, -0.2) is 51.2 Å². The van der Waals surface area contributed by atoms with E-state index in [0.717, 1.165) is 18.9 Å². The summed E-state index contributed by atoms with van der Waals surface area (Å²) in [6.07, 6.45) is 2.82. The van der Waals surface area contributed by atoms with Crippen molar-refractivity contribution in [3.8, 4) is 0 Å². The molecule has 192 valence electrons. The molecule has 2 N–H and O–H groups in total. The maximum atomic E-state index is 12.6. The SMILES string of the molecule is O=C(NC1CCC(c2nc3cc(Cl)ccc3o2)CC1)c1ccc(S(=O)(=O)NC(=O)C2CS(=O)(=O)C2)o1. The zero-order valence-electron chi connectivity index (χ0n) is 18.8. The Hall–Kier alpha value is -2.90. The summed E-state index contributed by atoms with van der Waals surface area (Å²) in [5.74, 6) is -2.69. The molecule has 1 aliphatic heterocycles. The van der Waals surface area contributed by atoms with Gasteiger partial charge in [0.1, 0.15) is 5.52 Å². The van der Waals surface area contributed by atoms with Crippen molar-refractivity contribution in [2.45, 2.75) is 42.7 Å². The van der Waals surface area contributed by atoms with Crippen LogP contribution in [0.25, 0.3) is 11.1 Å². The molecule has 0 bridgehead atoms. The van der Waals surface area contributed by atoms with Gasteiger partial charge in [-0.05, 0) is 56.0 Å². The summed E-state index contributed by atoms with van der Waals surface area (Å²) < 4.78 is 60.1. The van der Waals surface area contributed by atoms with Crippen LogP contribution in [0.2, 0.25) is 5.02 Å². The van der Waals surface area contributed by atoms with Crippen molar-refractivity contribution in [2.75, 3.05) is 11.5 Å². The molecule has 1 saturated carbocycles. The fraction of sp³-hybridized carbons (Fsp3) is 0.409. The highest BCUT2D eigenvalue weighted by Gasteiger charge is 2.40. The van der Waals surface area contributed by atoms with E-state index in [1.165, 1.54) is 6.07 Å². The number of carbonyl (C=O) groups is 2. The number of sulfonamides is 1. The van der Waals surface area contributed by atoms with E-state index in [9.17, 15) is 26.4 Å². The lowest BCUT2D eigenvalue weighted by atomic mass is 9.86. The molecule has 0 unspecified atom stereocenters. The number of rotatable bonds is 6. The topological polar surface area (TPSA) is 166 Å². The third-order valence-electron chi connectivity index (χ3n) is 6.36. The number of oxazole rings is 1. The number of amides is 2. The molecule has 5 rings (SSSR count). The molecule has 0 radical (unpaired) electrons. The summed E-state index contributed by atoms with van der Waals surface area (Å²) in [6.45, 7) is 0. The second-order valence-electron chi connectivity index (χ2n) is 9.05. The number of carbonyl (C=O) groups excluding carboxylic acids is 2. The van der Waals surface area contributed by atoms with Gasteiger partial charge < -0.3 is 14.2 Å². The number of nitrogens with zero attached hydrogens (tertiary/aromatic N) is 1. The third kappa shape index (κ3) is 5.13. The normalized spacial score (nSPS) is 22.1. The van der Waals surface area contributed by atoms with E-state index >= 15 is 0 Å². The molecular weight excluding hydrogens is 534 g/mol. The van der Waals surface area contributed by atoms with E-state index in [4.69, 9.17) is 20.4 Å². The number of furan rings is 1. The molecule has 1 saturated heterocycles. The minimum absolute atomic E-state index is 0.110. The van der Waals surface area contributed by atoms with Gasteiger partial charge in [0.15, 0.2) is 27.1 Å². The van der Waals surface area contributed by atoms with Crippen LogP contribution in [0.3, 0.4) is 0 Å². The number of hydrogen-bond donors (Lipinski definition) is 2. The number of sulfone groups is 1. The summed E-state index contributed by atoms with van der Waals surface area (Å²) in [5.41, 5.74) is 1.37. The Labute approximate surface area is 211 Å². The van der Waals surface area contributed by atoms with Crippen molar-refractivity contribution in [2.24, 2.45) is 5.92 Å². The number of fused-ring (bicyclic) bond motifs is 1. The molecule has 11 nitrogen and oxygen atoms in total. The summed E-state index contributed by atoms with van der Waals surface area (Å²) >= 11 is 6.01. The fourth-order valence-electron chi connectivity index (χ4n) is 4.40. The van der Waals surface area contributed by atoms with Crippen LogP contribution < -0.4 is 10.0 Å². The summed E-state index contributed by atoms with van der Waals surface area (Å²) in [7, 11) is -7.67. The first-order valence-corrected chi connectivity index (χ1v) is 14.9. The molecule has 2 aliphatic rings. The van der Waals surface area contributed by atoms with Gasteiger partial charge in [0.25, 0.3) is 15.9 Å². The number of hydrogen-bond acceptors (Lipinski definition) is 9. The van der Waals surface area contributed by atoms with Gasteiger partial charge in [-0.15, -0.1) is 0 Å². The van der Waals surface area contributed by atoms with E-state index in [1.54, 1.807) is 22.9 Å². The van der Waals surface area contributed by atoms with Gasteiger partial charge >= 0.3 is 0 Å². The van der Waals surface area contributed by atoms with Gasteiger partial charge in [-0.1, -0.05) is 11.6 Å². The van der Waals surface area contributed by atoms with Crippen molar-refractivity contribution in [3.63, 3.8) is 0 Å². The quantitative estimate of drug-likeness (QED) is 0.464. The summed E-state index contributed by atoms with van der Waals surface area (Å²) in [5, 5.41) is 2.82. The minimum Gasteiger partial charge on any atom is -0.440 e. The van der Waals surface area contributed by atoms with Crippen molar-refractivity contribution >= 4 is 54.4 Å². The Morgan fingerprint density at radius 1 is 1.03 bits per heavy atom. The van der Waals surface area contributed by atoms with Crippen molar-refractivity contribution in [1.29, 1.82) is 0 Å². The Balaban J connectivity index is 1.15. The zero-order chi connectivity index (χ0) is 25.7. The monoisotopic (exact) mass is 555 g/mol. The Bertz CT molecular complexity index is 1540. The average molecular weight is 556 g/mol. The number of aromatic nitrogens is 1. The smallest absolute Gasteiger partial charge is 0.297 e. The summed E-state index contributed by atoms with van der Waals surface area (Å²) in [6, 6.07) is 7.40. The van der Waals surface area contributed by atoms with E-state index < -0.39 is 54.2 Å². The van der Waals surface area contributed by atoms with Crippen molar-refractivity contribution < 1.29 is 35.3 Å². The lowest BCUT2D eigenvalue weighted by molar-refractivity contribution is -0.122. The van der Waals surface area contributed by atoms with Crippen LogP contribution in [0.15, 0.2) is 44.3 Å². The number of nitrogens with one attached hydrogen (secondary N) is 2. The largest absolute Gasteiger partial charge is 0.440 e. The Kier molecular flexibility index (Phi) is 6.33. The predicted octanol–water partition coefficient (Wildman–Crippen LogP) is 2.38. The highest BCUT2D eigenvalue weighted by atomic mass is 35.5. The van der Waals surface area contributed by atoms with E-state index in [1.807, 2.05) is 0 Å². The molecule has 2 fully saturated rings. The first-order valence-electron chi connectivity index (χ1n) is 11.2. The van der Waals surface area contributed by atoms with Gasteiger partial charge in [0.05, 0.1) is 17.4 Å². The van der Waals surface area contributed by atoms with Crippen LogP contribution in [0.4, 0.5) is 0 Å². The van der Waals surface area contributed by atoms with Gasteiger partial charge in [-0.25, -0.2) is 18.1 Å². The van der Waals surface area contributed by atoms with Crippen LogP contribution in [0, 0.1) is 5.92 Å². The number of halogens is 1. The molecule has 14 heteroatoms. The van der Waals surface area contributed by atoms with Gasteiger partial charge in [0, 0.05) is 17.0 Å².